The van der Waals surface area contributed by atoms with Crippen molar-refractivity contribution in [2.75, 3.05) is 19.8 Å². The topological polar surface area (TPSA) is 36.9 Å². The van der Waals surface area contributed by atoms with E-state index in [1.807, 2.05) is 26.0 Å². The van der Waals surface area contributed by atoms with Crippen LogP contribution in [0, 0.1) is 0 Å². The van der Waals surface area contributed by atoms with E-state index in [1.54, 1.807) is 0 Å². The smallest absolute Gasteiger partial charge is 0.416 e. The van der Waals surface area contributed by atoms with Crippen LogP contribution in [0.25, 0.3) is 0 Å². The summed E-state index contributed by atoms with van der Waals surface area (Å²) in [6.45, 7) is 5.52. The van der Waals surface area contributed by atoms with Crippen molar-refractivity contribution in [3.05, 3.63) is 23.5 Å². The Morgan fingerprint density at radius 3 is 2.40 bits per heavy atom. The molecule has 0 radical (unpaired) electrons. The molecule has 0 aromatic carbocycles. The molecule has 0 bridgehead atoms. The fourth-order valence-corrected chi connectivity index (χ4v) is 1.57. The summed E-state index contributed by atoms with van der Waals surface area (Å²) in [6.07, 6.45) is 3.43. The van der Waals surface area contributed by atoms with Crippen LogP contribution >= 0.6 is 0 Å². The van der Waals surface area contributed by atoms with Gasteiger partial charge in [0.05, 0.1) is 19.8 Å². The lowest BCUT2D eigenvalue weighted by molar-refractivity contribution is -0.507. The molecule has 2 rings (SSSR count). The van der Waals surface area contributed by atoms with Gasteiger partial charge in [-0.2, -0.15) is 0 Å². The van der Waals surface area contributed by atoms with Crippen LogP contribution in [0.5, 0.6) is 0 Å². The summed E-state index contributed by atoms with van der Waals surface area (Å²) in [7, 11) is 0. The minimum Gasteiger partial charge on any atom is -0.416 e. The van der Waals surface area contributed by atoms with Gasteiger partial charge in [0.1, 0.15) is 5.76 Å². The first-order valence-electron chi connectivity index (χ1n) is 5.22. The van der Waals surface area contributed by atoms with E-state index < -0.39 is 6.16 Å². The summed E-state index contributed by atoms with van der Waals surface area (Å²) >= 11 is 0. The quantitative estimate of drug-likeness (QED) is 0.615. The molecule has 0 aliphatic carbocycles. The SMILES string of the molecule is CC=C1COC2(OCCCO2)OC1=CC. The van der Waals surface area contributed by atoms with E-state index in [0.29, 0.717) is 19.8 Å². The molecule has 15 heavy (non-hydrogen) atoms. The molecule has 0 saturated carbocycles. The van der Waals surface area contributed by atoms with Crippen molar-refractivity contribution in [2.24, 2.45) is 0 Å². The molecular weight excluding hydrogens is 196 g/mol. The van der Waals surface area contributed by atoms with Crippen molar-refractivity contribution in [3.63, 3.8) is 0 Å². The Balaban J connectivity index is 2.13. The predicted molar refractivity (Wildman–Crippen MR) is 53.8 cm³/mol. The Hall–Kier alpha value is -0.840. The molecule has 0 aromatic heterocycles. The number of hydrogen-bond acceptors (Lipinski definition) is 4. The molecule has 2 fully saturated rings. The van der Waals surface area contributed by atoms with Gasteiger partial charge < -0.3 is 4.74 Å². The molecule has 0 amide bonds. The van der Waals surface area contributed by atoms with Crippen molar-refractivity contribution in [2.45, 2.75) is 26.4 Å². The molecule has 0 aromatic rings. The Kier molecular flexibility index (Phi) is 3.09. The van der Waals surface area contributed by atoms with Crippen LogP contribution in [-0.2, 0) is 18.9 Å². The van der Waals surface area contributed by atoms with Crippen molar-refractivity contribution in [3.8, 4) is 0 Å². The van der Waals surface area contributed by atoms with Gasteiger partial charge in [0, 0.05) is 5.57 Å². The molecule has 2 aliphatic rings. The van der Waals surface area contributed by atoms with E-state index in [1.165, 1.54) is 0 Å². The average molecular weight is 212 g/mol. The first-order chi connectivity index (χ1) is 7.29. The highest BCUT2D eigenvalue weighted by atomic mass is 17.0. The number of hydrogen-bond donors (Lipinski definition) is 0. The van der Waals surface area contributed by atoms with Gasteiger partial charge in [-0.25, -0.2) is 0 Å². The summed E-state index contributed by atoms with van der Waals surface area (Å²) < 4.78 is 21.9. The first-order valence-corrected chi connectivity index (χ1v) is 5.22. The normalized spacial score (nSPS) is 30.8. The Labute approximate surface area is 89.5 Å². The number of ether oxygens (including phenoxy) is 4. The van der Waals surface area contributed by atoms with Crippen LogP contribution in [0.15, 0.2) is 23.5 Å². The lowest BCUT2D eigenvalue weighted by Gasteiger charge is -2.39. The maximum absolute atomic E-state index is 5.59. The van der Waals surface area contributed by atoms with Crippen LogP contribution in [0.1, 0.15) is 20.3 Å². The second-order valence-electron chi connectivity index (χ2n) is 3.41. The van der Waals surface area contributed by atoms with Crippen molar-refractivity contribution < 1.29 is 18.9 Å². The summed E-state index contributed by atoms with van der Waals surface area (Å²) in [5.74, 6) is 0.769. The average Bonchev–Trinajstić information content (AvgIpc) is 2.30. The molecule has 0 atom stereocenters. The van der Waals surface area contributed by atoms with Gasteiger partial charge in [-0.3, -0.25) is 14.2 Å². The second-order valence-corrected chi connectivity index (χ2v) is 3.41. The number of rotatable bonds is 0. The fourth-order valence-electron chi connectivity index (χ4n) is 1.57. The van der Waals surface area contributed by atoms with Crippen LogP contribution in [-0.4, -0.2) is 26.0 Å². The largest absolute Gasteiger partial charge is 0.461 e. The van der Waals surface area contributed by atoms with Crippen molar-refractivity contribution in [1.82, 2.24) is 0 Å². The molecule has 1 spiro atoms. The van der Waals surface area contributed by atoms with Crippen molar-refractivity contribution in [1.29, 1.82) is 0 Å². The maximum atomic E-state index is 5.59. The molecule has 2 aliphatic heterocycles. The van der Waals surface area contributed by atoms with E-state index in [2.05, 4.69) is 0 Å². The fraction of sp³-hybridized carbons (Fsp3) is 0.636. The van der Waals surface area contributed by atoms with Crippen molar-refractivity contribution >= 4 is 0 Å². The number of allylic oxidation sites excluding steroid dienone is 2. The van der Waals surface area contributed by atoms with E-state index in [0.717, 1.165) is 17.8 Å². The highest BCUT2D eigenvalue weighted by Crippen LogP contribution is 2.33. The summed E-state index contributed by atoms with van der Waals surface area (Å²) in [6, 6.07) is 0. The second kappa shape index (κ2) is 4.35. The molecular formula is C11H16O4. The Morgan fingerprint density at radius 1 is 1.07 bits per heavy atom. The molecule has 4 nitrogen and oxygen atoms in total. The van der Waals surface area contributed by atoms with Gasteiger partial charge in [0.25, 0.3) is 0 Å². The van der Waals surface area contributed by atoms with Gasteiger partial charge in [-0.1, -0.05) is 6.08 Å². The Morgan fingerprint density at radius 2 is 1.80 bits per heavy atom. The zero-order chi connectivity index (χ0) is 10.7. The summed E-state index contributed by atoms with van der Waals surface area (Å²) in [5, 5.41) is 0. The van der Waals surface area contributed by atoms with Crippen LogP contribution in [0.3, 0.4) is 0 Å². The third kappa shape index (κ3) is 2.07. The van der Waals surface area contributed by atoms with Gasteiger partial charge >= 0.3 is 6.16 Å². The van der Waals surface area contributed by atoms with Crippen LogP contribution in [0.4, 0.5) is 0 Å². The highest BCUT2D eigenvalue weighted by Gasteiger charge is 2.44. The van der Waals surface area contributed by atoms with Gasteiger partial charge in [0.2, 0.25) is 0 Å². The minimum atomic E-state index is -1.30. The standard InChI is InChI=1S/C11H16O4/c1-3-9-8-14-11(15-10(9)4-2)12-6-5-7-13-11/h3-4H,5-8H2,1-2H3. The van der Waals surface area contributed by atoms with E-state index >= 15 is 0 Å². The van der Waals surface area contributed by atoms with E-state index in [4.69, 9.17) is 18.9 Å². The maximum Gasteiger partial charge on any atom is 0.461 e. The lowest BCUT2D eigenvalue weighted by atomic mass is 10.2. The minimum absolute atomic E-state index is 0.455. The molecule has 2 heterocycles. The van der Waals surface area contributed by atoms with Gasteiger partial charge in [-0.15, -0.1) is 0 Å². The molecule has 0 N–H and O–H groups in total. The Bertz CT molecular complexity index is 287. The highest BCUT2D eigenvalue weighted by molar-refractivity contribution is 5.26. The molecule has 84 valence electrons. The predicted octanol–water partition coefficient (Wildman–Crippen LogP) is 1.93. The van der Waals surface area contributed by atoms with Crippen LogP contribution in [0.2, 0.25) is 0 Å². The monoisotopic (exact) mass is 212 g/mol. The van der Waals surface area contributed by atoms with E-state index in [-0.39, 0.29) is 0 Å². The molecule has 2 saturated heterocycles. The summed E-state index contributed by atoms with van der Waals surface area (Å²) in [4.78, 5) is 0. The lowest BCUT2D eigenvalue weighted by Crippen LogP contribution is -2.48. The van der Waals surface area contributed by atoms with Gasteiger partial charge in [0.15, 0.2) is 0 Å². The van der Waals surface area contributed by atoms with E-state index in [9.17, 15) is 0 Å². The summed E-state index contributed by atoms with van der Waals surface area (Å²) in [5.41, 5.74) is 1.01. The third-order valence-corrected chi connectivity index (χ3v) is 2.41. The zero-order valence-electron chi connectivity index (χ0n) is 9.12. The van der Waals surface area contributed by atoms with Gasteiger partial charge in [-0.05, 0) is 26.3 Å². The van der Waals surface area contributed by atoms with Crippen LogP contribution < -0.4 is 0 Å². The molecule has 0 unspecified atom stereocenters. The third-order valence-electron chi connectivity index (χ3n) is 2.41. The molecule has 4 heteroatoms. The zero-order valence-corrected chi connectivity index (χ0v) is 9.12. The first kappa shape index (κ1) is 10.7.